The van der Waals surface area contributed by atoms with Gasteiger partial charge in [0.2, 0.25) is 0 Å². The summed E-state index contributed by atoms with van der Waals surface area (Å²) in [7, 11) is 0. The number of aryl methyl sites for hydroxylation is 1. The monoisotopic (exact) mass is 328 g/mol. The average molecular weight is 328 g/mol. The van der Waals surface area contributed by atoms with Crippen molar-refractivity contribution in [3.63, 3.8) is 0 Å². The third kappa shape index (κ3) is 2.59. The molecule has 5 heteroatoms. The van der Waals surface area contributed by atoms with Crippen LogP contribution in [0.2, 0.25) is 0 Å². The standard InChI is InChI=1S/C18H17FN2OS/c1-11-5-6-14-15(7-11)23-17-16(14)18(22)21(10-20-17)9-12-3-2-4-13(19)8-12/h2-4,8,10-11H,5-7,9H2,1H3/t11-/m1/s1. The summed E-state index contributed by atoms with van der Waals surface area (Å²) in [5, 5.41) is 0.774. The molecule has 0 fully saturated rings. The molecule has 0 bridgehead atoms. The van der Waals surface area contributed by atoms with E-state index in [4.69, 9.17) is 0 Å². The van der Waals surface area contributed by atoms with Gasteiger partial charge in [0.25, 0.3) is 5.56 Å². The maximum absolute atomic E-state index is 13.3. The number of thiophene rings is 1. The van der Waals surface area contributed by atoms with Crippen molar-refractivity contribution in [2.75, 3.05) is 0 Å². The molecular formula is C18H17FN2OS. The van der Waals surface area contributed by atoms with Crippen molar-refractivity contribution in [3.05, 3.63) is 62.8 Å². The van der Waals surface area contributed by atoms with Crippen LogP contribution in [0, 0.1) is 11.7 Å². The van der Waals surface area contributed by atoms with Gasteiger partial charge in [-0.3, -0.25) is 9.36 Å². The number of benzene rings is 1. The van der Waals surface area contributed by atoms with Crippen LogP contribution < -0.4 is 5.56 Å². The molecule has 0 aliphatic heterocycles. The van der Waals surface area contributed by atoms with Gasteiger partial charge >= 0.3 is 0 Å². The van der Waals surface area contributed by atoms with Crippen molar-refractivity contribution in [2.45, 2.75) is 32.7 Å². The molecule has 0 unspecified atom stereocenters. The van der Waals surface area contributed by atoms with Gasteiger partial charge in [-0.05, 0) is 48.4 Å². The van der Waals surface area contributed by atoms with Crippen LogP contribution in [0.15, 0.2) is 35.4 Å². The minimum Gasteiger partial charge on any atom is -0.294 e. The first-order chi connectivity index (χ1) is 11.1. The maximum atomic E-state index is 13.3. The first-order valence-electron chi connectivity index (χ1n) is 7.86. The Morgan fingerprint density at radius 2 is 2.30 bits per heavy atom. The number of hydrogen-bond donors (Lipinski definition) is 0. The molecule has 4 rings (SSSR count). The van der Waals surface area contributed by atoms with E-state index in [1.807, 2.05) is 6.07 Å². The smallest absolute Gasteiger partial charge is 0.262 e. The Balaban J connectivity index is 1.80. The van der Waals surface area contributed by atoms with Crippen LogP contribution in [0.25, 0.3) is 10.2 Å². The summed E-state index contributed by atoms with van der Waals surface area (Å²) in [6, 6.07) is 6.35. The fraction of sp³-hybridized carbons (Fsp3) is 0.333. The average Bonchev–Trinajstić information content (AvgIpc) is 2.88. The molecule has 118 valence electrons. The zero-order valence-corrected chi connectivity index (χ0v) is 13.7. The first kappa shape index (κ1) is 14.6. The van der Waals surface area contributed by atoms with Crippen molar-refractivity contribution in [2.24, 2.45) is 5.92 Å². The minimum atomic E-state index is -0.286. The molecule has 23 heavy (non-hydrogen) atoms. The Hall–Kier alpha value is -2.01. The zero-order valence-electron chi connectivity index (χ0n) is 12.9. The highest BCUT2D eigenvalue weighted by atomic mass is 32.1. The molecular weight excluding hydrogens is 311 g/mol. The molecule has 1 aromatic carbocycles. The summed E-state index contributed by atoms with van der Waals surface area (Å²) in [5.74, 6) is 0.386. The van der Waals surface area contributed by atoms with Gasteiger partial charge in [0.05, 0.1) is 18.3 Å². The highest BCUT2D eigenvalue weighted by Gasteiger charge is 2.23. The van der Waals surface area contributed by atoms with Gasteiger partial charge in [-0.1, -0.05) is 19.1 Å². The van der Waals surface area contributed by atoms with E-state index in [-0.39, 0.29) is 11.4 Å². The fourth-order valence-corrected chi connectivity index (χ4v) is 4.65. The van der Waals surface area contributed by atoms with Crippen molar-refractivity contribution >= 4 is 21.6 Å². The van der Waals surface area contributed by atoms with Crippen molar-refractivity contribution in [1.82, 2.24) is 9.55 Å². The van der Waals surface area contributed by atoms with E-state index in [0.29, 0.717) is 12.5 Å². The third-order valence-corrected chi connectivity index (χ3v) is 5.69. The summed E-state index contributed by atoms with van der Waals surface area (Å²) < 4.78 is 14.9. The lowest BCUT2D eigenvalue weighted by atomic mass is 9.89. The van der Waals surface area contributed by atoms with Crippen molar-refractivity contribution < 1.29 is 4.39 Å². The SMILES string of the molecule is C[C@@H]1CCc2c(sc3ncn(Cc4cccc(F)c4)c(=O)c23)C1. The molecule has 1 atom stereocenters. The van der Waals surface area contributed by atoms with Crippen LogP contribution >= 0.6 is 11.3 Å². The second-order valence-electron chi connectivity index (χ2n) is 6.34. The third-order valence-electron chi connectivity index (χ3n) is 4.52. The molecule has 3 aromatic rings. The van der Waals surface area contributed by atoms with Crippen LogP contribution in [-0.4, -0.2) is 9.55 Å². The van der Waals surface area contributed by atoms with Crippen LogP contribution in [0.3, 0.4) is 0 Å². The Bertz CT molecular complexity index is 944. The fourth-order valence-electron chi connectivity index (χ4n) is 3.31. The van der Waals surface area contributed by atoms with Crippen molar-refractivity contribution in [3.8, 4) is 0 Å². The van der Waals surface area contributed by atoms with E-state index in [0.717, 1.165) is 35.0 Å². The van der Waals surface area contributed by atoms with Gasteiger partial charge in [0.15, 0.2) is 0 Å². The molecule has 1 aliphatic carbocycles. The highest BCUT2D eigenvalue weighted by Crippen LogP contribution is 2.35. The van der Waals surface area contributed by atoms with Crippen LogP contribution in [0.4, 0.5) is 4.39 Å². The van der Waals surface area contributed by atoms with E-state index in [1.54, 1.807) is 28.3 Å². The molecule has 0 amide bonds. The van der Waals surface area contributed by atoms with Gasteiger partial charge in [0.1, 0.15) is 10.6 Å². The molecule has 2 heterocycles. The molecule has 0 spiro atoms. The minimum absolute atomic E-state index is 0.00804. The summed E-state index contributed by atoms with van der Waals surface area (Å²) in [6.45, 7) is 2.60. The van der Waals surface area contributed by atoms with Gasteiger partial charge < -0.3 is 0 Å². The molecule has 0 saturated heterocycles. The predicted molar refractivity (Wildman–Crippen MR) is 90.6 cm³/mol. The van der Waals surface area contributed by atoms with Gasteiger partial charge in [-0.2, -0.15) is 0 Å². The Kier molecular flexibility index (Phi) is 3.53. The number of halogens is 1. The molecule has 0 saturated carbocycles. The number of rotatable bonds is 2. The second-order valence-corrected chi connectivity index (χ2v) is 7.42. The summed E-state index contributed by atoms with van der Waals surface area (Å²) in [6.07, 6.45) is 4.70. The second kappa shape index (κ2) is 5.57. The van der Waals surface area contributed by atoms with E-state index >= 15 is 0 Å². The first-order valence-corrected chi connectivity index (χ1v) is 8.67. The summed E-state index contributed by atoms with van der Waals surface area (Å²) in [4.78, 5) is 19.5. The topological polar surface area (TPSA) is 34.9 Å². The Morgan fingerprint density at radius 3 is 3.13 bits per heavy atom. The Labute approximate surface area is 137 Å². The van der Waals surface area contributed by atoms with Crippen molar-refractivity contribution in [1.29, 1.82) is 0 Å². The summed E-state index contributed by atoms with van der Waals surface area (Å²) in [5.41, 5.74) is 1.95. The number of nitrogens with zero attached hydrogens (tertiary/aromatic N) is 2. The molecule has 0 N–H and O–H groups in total. The number of fused-ring (bicyclic) bond motifs is 3. The molecule has 0 radical (unpaired) electrons. The van der Waals surface area contributed by atoms with Gasteiger partial charge in [-0.25, -0.2) is 9.37 Å². The van der Waals surface area contributed by atoms with E-state index in [9.17, 15) is 9.18 Å². The van der Waals surface area contributed by atoms with Crippen LogP contribution in [0.1, 0.15) is 29.3 Å². The lowest BCUT2D eigenvalue weighted by Gasteiger charge is -2.17. The van der Waals surface area contributed by atoms with Crippen LogP contribution in [0.5, 0.6) is 0 Å². The predicted octanol–water partition coefficient (Wildman–Crippen LogP) is 3.77. The lowest BCUT2D eigenvalue weighted by molar-refractivity contribution is 0.509. The Morgan fingerprint density at radius 1 is 1.43 bits per heavy atom. The van der Waals surface area contributed by atoms with Gasteiger partial charge in [-0.15, -0.1) is 11.3 Å². The number of hydrogen-bond acceptors (Lipinski definition) is 3. The van der Waals surface area contributed by atoms with E-state index in [2.05, 4.69) is 11.9 Å². The highest BCUT2D eigenvalue weighted by molar-refractivity contribution is 7.18. The molecule has 2 aromatic heterocycles. The van der Waals surface area contributed by atoms with Crippen LogP contribution in [-0.2, 0) is 19.4 Å². The number of aromatic nitrogens is 2. The molecule has 3 nitrogen and oxygen atoms in total. The zero-order chi connectivity index (χ0) is 16.0. The lowest BCUT2D eigenvalue weighted by Crippen LogP contribution is -2.22. The molecule has 1 aliphatic rings. The van der Waals surface area contributed by atoms with E-state index in [1.165, 1.54) is 22.6 Å². The normalized spacial score (nSPS) is 17.4. The van der Waals surface area contributed by atoms with E-state index < -0.39 is 0 Å². The maximum Gasteiger partial charge on any atom is 0.262 e. The summed E-state index contributed by atoms with van der Waals surface area (Å²) >= 11 is 1.65. The van der Waals surface area contributed by atoms with Gasteiger partial charge in [0, 0.05) is 4.88 Å². The largest absolute Gasteiger partial charge is 0.294 e. The quantitative estimate of drug-likeness (QED) is 0.718.